The molecule has 3 heterocycles. The minimum atomic E-state index is -1.02. The van der Waals surface area contributed by atoms with Gasteiger partial charge in [-0.1, -0.05) is 18.2 Å². The number of piperidine rings is 1. The fourth-order valence-corrected chi connectivity index (χ4v) is 3.90. The number of hydrogen-bond acceptors (Lipinski definition) is 3. The van der Waals surface area contributed by atoms with Crippen LogP contribution in [-0.2, 0) is 0 Å². The minimum absolute atomic E-state index is 0.00975. The first-order valence-electron chi connectivity index (χ1n) is 8.76. The normalized spacial score (nSPS) is 17.8. The lowest BCUT2D eigenvalue weighted by molar-refractivity contribution is 0.0654. The Kier molecular flexibility index (Phi) is 4.09. The van der Waals surface area contributed by atoms with Gasteiger partial charge in [0.1, 0.15) is 5.76 Å². The summed E-state index contributed by atoms with van der Waals surface area (Å²) in [7, 11) is 0. The molecule has 1 saturated heterocycles. The van der Waals surface area contributed by atoms with E-state index in [1.54, 1.807) is 6.07 Å². The van der Waals surface area contributed by atoms with E-state index < -0.39 is 5.97 Å². The number of likely N-dealkylation sites (tertiary alicyclic amines) is 1. The van der Waals surface area contributed by atoms with Gasteiger partial charge in [0.05, 0.1) is 6.04 Å². The minimum Gasteiger partial charge on any atom is -0.475 e. The topological polar surface area (TPSA) is 69.5 Å². The van der Waals surface area contributed by atoms with Crippen LogP contribution in [0.4, 0.5) is 0 Å². The summed E-state index contributed by atoms with van der Waals surface area (Å²) in [6, 6.07) is 11.9. The molecule has 0 spiro atoms. The average molecular weight is 338 g/mol. The van der Waals surface area contributed by atoms with E-state index in [0.717, 1.165) is 31.7 Å². The molecule has 0 bridgehead atoms. The molecule has 2 aromatic heterocycles. The number of aromatic amines is 1. The van der Waals surface area contributed by atoms with Crippen molar-refractivity contribution in [3.05, 3.63) is 59.7 Å². The lowest BCUT2D eigenvalue weighted by atomic mass is 9.88. The van der Waals surface area contributed by atoms with Crippen LogP contribution in [-0.4, -0.2) is 34.0 Å². The second-order valence-electron chi connectivity index (χ2n) is 6.78. The summed E-state index contributed by atoms with van der Waals surface area (Å²) in [5, 5.41) is 10.3. The summed E-state index contributed by atoms with van der Waals surface area (Å²) < 4.78 is 5.47. The van der Waals surface area contributed by atoms with Gasteiger partial charge in [-0.05, 0) is 62.5 Å². The molecule has 130 valence electrons. The Bertz CT molecular complexity index is 887. The number of furan rings is 1. The highest BCUT2D eigenvalue weighted by atomic mass is 16.4. The van der Waals surface area contributed by atoms with E-state index in [0.29, 0.717) is 5.92 Å². The molecular formula is C20H22N2O3. The predicted molar refractivity (Wildman–Crippen MR) is 95.9 cm³/mol. The number of H-pyrrole nitrogens is 1. The first-order valence-corrected chi connectivity index (χ1v) is 8.76. The van der Waals surface area contributed by atoms with Gasteiger partial charge in [-0.15, -0.1) is 0 Å². The number of carboxylic acid groups (broad SMARTS) is 1. The van der Waals surface area contributed by atoms with E-state index in [4.69, 9.17) is 9.52 Å². The first kappa shape index (κ1) is 16.0. The van der Waals surface area contributed by atoms with Gasteiger partial charge in [-0.25, -0.2) is 4.79 Å². The van der Waals surface area contributed by atoms with E-state index in [-0.39, 0.29) is 11.8 Å². The van der Waals surface area contributed by atoms with Gasteiger partial charge in [0, 0.05) is 17.1 Å². The fraction of sp³-hybridized carbons (Fsp3) is 0.350. The molecule has 1 fully saturated rings. The number of fused-ring (bicyclic) bond motifs is 1. The van der Waals surface area contributed by atoms with Crippen molar-refractivity contribution in [1.82, 2.24) is 9.88 Å². The number of aromatic carboxylic acids is 1. The average Bonchev–Trinajstić information content (AvgIpc) is 3.29. The van der Waals surface area contributed by atoms with Crippen molar-refractivity contribution in [1.29, 1.82) is 0 Å². The Morgan fingerprint density at radius 3 is 2.72 bits per heavy atom. The molecule has 1 aliphatic heterocycles. The van der Waals surface area contributed by atoms with Gasteiger partial charge in [0.2, 0.25) is 5.76 Å². The Balaban J connectivity index is 1.44. The van der Waals surface area contributed by atoms with Crippen LogP contribution in [0.5, 0.6) is 0 Å². The van der Waals surface area contributed by atoms with Crippen LogP contribution < -0.4 is 0 Å². The van der Waals surface area contributed by atoms with Gasteiger partial charge < -0.3 is 14.5 Å². The number of carboxylic acids is 1. The highest BCUT2D eigenvalue weighted by molar-refractivity contribution is 5.84. The fourth-order valence-electron chi connectivity index (χ4n) is 3.90. The second kappa shape index (κ2) is 6.41. The van der Waals surface area contributed by atoms with Crippen LogP contribution in [0.15, 0.2) is 47.0 Å². The molecular weight excluding hydrogens is 316 g/mol. The first-order chi connectivity index (χ1) is 12.1. The van der Waals surface area contributed by atoms with Crippen LogP contribution in [0, 0.1) is 0 Å². The Labute approximate surface area is 146 Å². The van der Waals surface area contributed by atoms with Crippen LogP contribution >= 0.6 is 0 Å². The Morgan fingerprint density at radius 1 is 1.24 bits per heavy atom. The van der Waals surface area contributed by atoms with Crippen LogP contribution in [0.1, 0.15) is 53.6 Å². The van der Waals surface area contributed by atoms with Gasteiger partial charge in [0.25, 0.3) is 0 Å². The largest absolute Gasteiger partial charge is 0.475 e. The van der Waals surface area contributed by atoms with E-state index in [1.807, 2.05) is 0 Å². The van der Waals surface area contributed by atoms with E-state index >= 15 is 0 Å². The molecule has 0 amide bonds. The molecule has 0 aliphatic carbocycles. The van der Waals surface area contributed by atoms with Crippen molar-refractivity contribution >= 4 is 16.9 Å². The molecule has 1 atom stereocenters. The summed E-state index contributed by atoms with van der Waals surface area (Å²) in [6.07, 6.45) is 4.34. The van der Waals surface area contributed by atoms with E-state index in [9.17, 15) is 4.79 Å². The quantitative estimate of drug-likeness (QED) is 0.740. The third-order valence-corrected chi connectivity index (χ3v) is 5.39. The molecule has 1 aromatic carbocycles. The number of rotatable bonds is 4. The smallest absolute Gasteiger partial charge is 0.371 e. The maximum Gasteiger partial charge on any atom is 0.371 e. The summed E-state index contributed by atoms with van der Waals surface area (Å²) >= 11 is 0. The highest BCUT2D eigenvalue weighted by Gasteiger charge is 2.27. The summed E-state index contributed by atoms with van der Waals surface area (Å²) in [4.78, 5) is 16.7. The molecule has 5 heteroatoms. The molecule has 4 rings (SSSR count). The van der Waals surface area contributed by atoms with Crippen LogP contribution in [0.25, 0.3) is 10.9 Å². The number of para-hydroxylation sites is 1. The molecule has 1 aliphatic rings. The number of carbonyl (C=O) groups is 1. The Morgan fingerprint density at radius 2 is 2.00 bits per heavy atom. The zero-order valence-electron chi connectivity index (χ0n) is 14.2. The molecule has 2 N–H and O–H groups in total. The standard InChI is InChI=1S/C20H22N2O3/c1-13(18-6-7-19(25-18)20(23)24)22-10-8-14(9-11-22)16-12-21-17-5-3-2-4-15(16)17/h2-7,12-14,21H,8-11H2,1H3,(H,23,24). The lowest BCUT2D eigenvalue weighted by Crippen LogP contribution is -2.34. The summed E-state index contributed by atoms with van der Waals surface area (Å²) in [6.45, 7) is 4.04. The van der Waals surface area contributed by atoms with E-state index in [1.165, 1.54) is 22.5 Å². The molecule has 25 heavy (non-hydrogen) atoms. The van der Waals surface area contributed by atoms with Crippen molar-refractivity contribution in [2.75, 3.05) is 13.1 Å². The van der Waals surface area contributed by atoms with E-state index in [2.05, 4.69) is 47.3 Å². The number of aromatic nitrogens is 1. The monoisotopic (exact) mass is 338 g/mol. The SMILES string of the molecule is CC(c1ccc(C(=O)O)o1)N1CCC(c2c[nH]c3ccccc23)CC1. The van der Waals surface area contributed by atoms with Crippen molar-refractivity contribution in [3.63, 3.8) is 0 Å². The zero-order chi connectivity index (χ0) is 17.4. The maximum absolute atomic E-state index is 11.0. The van der Waals surface area contributed by atoms with Crippen molar-refractivity contribution in [2.45, 2.75) is 31.7 Å². The van der Waals surface area contributed by atoms with Crippen molar-refractivity contribution in [2.24, 2.45) is 0 Å². The third-order valence-electron chi connectivity index (χ3n) is 5.39. The number of nitrogens with one attached hydrogen (secondary N) is 1. The summed E-state index contributed by atoms with van der Waals surface area (Å²) in [5.74, 6) is 0.278. The van der Waals surface area contributed by atoms with Crippen molar-refractivity contribution in [3.8, 4) is 0 Å². The number of benzene rings is 1. The Hall–Kier alpha value is -2.53. The molecule has 3 aromatic rings. The van der Waals surface area contributed by atoms with Crippen LogP contribution in [0.3, 0.4) is 0 Å². The summed E-state index contributed by atoms with van der Waals surface area (Å²) in [5.41, 5.74) is 2.61. The number of hydrogen-bond donors (Lipinski definition) is 2. The van der Waals surface area contributed by atoms with Gasteiger partial charge in [0.15, 0.2) is 0 Å². The lowest BCUT2D eigenvalue weighted by Gasteiger charge is -2.35. The molecule has 5 nitrogen and oxygen atoms in total. The zero-order valence-corrected chi connectivity index (χ0v) is 14.2. The molecule has 0 radical (unpaired) electrons. The highest BCUT2D eigenvalue weighted by Crippen LogP contribution is 2.35. The molecule has 0 saturated carbocycles. The van der Waals surface area contributed by atoms with Gasteiger partial charge in [-0.2, -0.15) is 0 Å². The number of nitrogens with zero attached hydrogens (tertiary/aromatic N) is 1. The second-order valence-corrected chi connectivity index (χ2v) is 6.78. The van der Waals surface area contributed by atoms with Crippen LogP contribution in [0.2, 0.25) is 0 Å². The third kappa shape index (κ3) is 2.96. The molecule has 1 unspecified atom stereocenters. The van der Waals surface area contributed by atoms with Gasteiger partial charge >= 0.3 is 5.97 Å². The van der Waals surface area contributed by atoms with Gasteiger partial charge in [-0.3, -0.25) is 4.90 Å². The maximum atomic E-state index is 11.0. The predicted octanol–water partition coefficient (Wildman–Crippen LogP) is 4.40. The van der Waals surface area contributed by atoms with Crippen molar-refractivity contribution < 1.29 is 14.3 Å².